The van der Waals surface area contributed by atoms with Crippen molar-refractivity contribution in [3.63, 3.8) is 0 Å². The molecule has 0 fully saturated rings. The second-order valence-corrected chi connectivity index (χ2v) is 3.94. The van der Waals surface area contributed by atoms with E-state index >= 15 is 0 Å². The first-order valence-corrected chi connectivity index (χ1v) is 5.68. The lowest BCUT2D eigenvalue weighted by Crippen LogP contribution is -1.90. The summed E-state index contributed by atoms with van der Waals surface area (Å²) >= 11 is 0. The van der Waals surface area contributed by atoms with Crippen LogP contribution < -0.4 is 0 Å². The van der Waals surface area contributed by atoms with Crippen LogP contribution in [0.2, 0.25) is 0 Å². The number of aryl methyl sites for hydroxylation is 2. The molecule has 2 nitrogen and oxygen atoms in total. The monoisotopic (exact) mass is 212 g/mol. The Bertz CT molecular complexity index is 460. The normalized spacial score (nSPS) is 10.4. The van der Waals surface area contributed by atoms with Crippen LogP contribution in [0.1, 0.15) is 24.7 Å². The van der Waals surface area contributed by atoms with E-state index in [9.17, 15) is 0 Å². The van der Waals surface area contributed by atoms with Gasteiger partial charge in [0.1, 0.15) is 5.82 Å². The van der Waals surface area contributed by atoms with E-state index in [-0.39, 0.29) is 0 Å². The lowest BCUT2D eigenvalue weighted by Gasteiger charge is -2.03. The molecule has 16 heavy (non-hydrogen) atoms. The summed E-state index contributed by atoms with van der Waals surface area (Å²) in [5.41, 5.74) is 3.54. The fourth-order valence-corrected chi connectivity index (χ4v) is 1.75. The minimum Gasteiger partial charge on any atom is -0.242 e. The van der Waals surface area contributed by atoms with Crippen molar-refractivity contribution in [2.75, 3.05) is 0 Å². The van der Waals surface area contributed by atoms with E-state index in [0.29, 0.717) is 0 Å². The molecule has 0 saturated carbocycles. The SMILES string of the molecule is CCCc1ccc(-c2ccnc(C)n2)cc1. The molecule has 0 aliphatic carbocycles. The Balaban J connectivity index is 2.27. The van der Waals surface area contributed by atoms with Gasteiger partial charge in [0, 0.05) is 11.8 Å². The van der Waals surface area contributed by atoms with Gasteiger partial charge in [-0.1, -0.05) is 37.6 Å². The van der Waals surface area contributed by atoms with Gasteiger partial charge >= 0.3 is 0 Å². The van der Waals surface area contributed by atoms with Crippen molar-refractivity contribution in [1.82, 2.24) is 9.97 Å². The average Bonchev–Trinajstić information content (AvgIpc) is 2.30. The van der Waals surface area contributed by atoms with Gasteiger partial charge in [-0.25, -0.2) is 9.97 Å². The maximum Gasteiger partial charge on any atom is 0.125 e. The Morgan fingerprint density at radius 2 is 1.81 bits per heavy atom. The van der Waals surface area contributed by atoms with Crippen molar-refractivity contribution >= 4 is 0 Å². The number of benzene rings is 1. The van der Waals surface area contributed by atoms with Crippen molar-refractivity contribution in [2.45, 2.75) is 26.7 Å². The number of hydrogen-bond acceptors (Lipinski definition) is 2. The fraction of sp³-hybridized carbons (Fsp3) is 0.286. The van der Waals surface area contributed by atoms with Crippen molar-refractivity contribution in [3.05, 3.63) is 47.9 Å². The van der Waals surface area contributed by atoms with Gasteiger partial charge < -0.3 is 0 Å². The van der Waals surface area contributed by atoms with Crippen molar-refractivity contribution < 1.29 is 0 Å². The topological polar surface area (TPSA) is 25.8 Å². The Morgan fingerprint density at radius 3 is 2.44 bits per heavy atom. The minimum absolute atomic E-state index is 0.815. The Labute approximate surface area is 96.4 Å². The zero-order valence-electron chi connectivity index (χ0n) is 9.77. The lowest BCUT2D eigenvalue weighted by molar-refractivity contribution is 0.922. The van der Waals surface area contributed by atoms with E-state index in [4.69, 9.17) is 0 Å². The third kappa shape index (κ3) is 2.45. The summed E-state index contributed by atoms with van der Waals surface area (Å²) in [6.45, 7) is 4.11. The highest BCUT2D eigenvalue weighted by molar-refractivity contribution is 5.58. The molecule has 0 bridgehead atoms. The van der Waals surface area contributed by atoms with Crippen LogP contribution in [0.15, 0.2) is 36.5 Å². The molecule has 1 heterocycles. The van der Waals surface area contributed by atoms with Crippen LogP contribution in [-0.4, -0.2) is 9.97 Å². The van der Waals surface area contributed by atoms with Gasteiger partial charge in [-0.3, -0.25) is 0 Å². The second kappa shape index (κ2) is 4.88. The minimum atomic E-state index is 0.815. The van der Waals surface area contributed by atoms with E-state index < -0.39 is 0 Å². The quantitative estimate of drug-likeness (QED) is 0.779. The molecular formula is C14H16N2. The number of hydrogen-bond donors (Lipinski definition) is 0. The molecule has 0 aliphatic rings. The van der Waals surface area contributed by atoms with Crippen LogP contribution in [-0.2, 0) is 6.42 Å². The summed E-state index contributed by atoms with van der Waals surface area (Å²) in [5.74, 6) is 0.815. The molecule has 1 aromatic carbocycles. The second-order valence-electron chi connectivity index (χ2n) is 3.94. The van der Waals surface area contributed by atoms with Crippen molar-refractivity contribution in [3.8, 4) is 11.3 Å². The third-order valence-electron chi connectivity index (χ3n) is 2.56. The van der Waals surface area contributed by atoms with Gasteiger partial charge in [-0.15, -0.1) is 0 Å². The summed E-state index contributed by atoms with van der Waals surface area (Å²) in [6, 6.07) is 10.6. The highest BCUT2D eigenvalue weighted by atomic mass is 14.9. The summed E-state index contributed by atoms with van der Waals surface area (Å²) in [6.07, 6.45) is 4.13. The Hall–Kier alpha value is -1.70. The molecule has 0 aliphatic heterocycles. The molecule has 2 heteroatoms. The molecule has 0 unspecified atom stereocenters. The molecule has 0 spiro atoms. The Morgan fingerprint density at radius 1 is 1.06 bits per heavy atom. The van der Waals surface area contributed by atoms with Crippen molar-refractivity contribution in [1.29, 1.82) is 0 Å². The maximum absolute atomic E-state index is 4.41. The molecule has 0 N–H and O–H groups in total. The molecule has 0 amide bonds. The smallest absolute Gasteiger partial charge is 0.125 e. The van der Waals surface area contributed by atoms with E-state index in [1.807, 2.05) is 13.0 Å². The van der Waals surface area contributed by atoms with E-state index in [1.54, 1.807) is 6.20 Å². The molecular weight excluding hydrogens is 196 g/mol. The molecule has 82 valence electrons. The van der Waals surface area contributed by atoms with E-state index in [2.05, 4.69) is 41.2 Å². The van der Waals surface area contributed by atoms with Gasteiger partial charge in [0.15, 0.2) is 0 Å². The molecule has 0 saturated heterocycles. The van der Waals surface area contributed by atoms with Gasteiger partial charge in [-0.05, 0) is 25.0 Å². The standard InChI is InChI=1S/C14H16N2/c1-3-4-12-5-7-13(8-6-12)14-9-10-15-11(2)16-14/h5-10H,3-4H2,1-2H3. The molecule has 2 aromatic rings. The Kier molecular flexibility index (Phi) is 3.30. The summed E-state index contributed by atoms with van der Waals surface area (Å²) in [4.78, 5) is 8.51. The lowest BCUT2D eigenvalue weighted by atomic mass is 10.1. The largest absolute Gasteiger partial charge is 0.242 e. The number of rotatable bonds is 3. The van der Waals surface area contributed by atoms with Crippen LogP contribution in [0.4, 0.5) is 0 Å². The van der Waals surface area contributed by atoms with Gasteiger partial charge in [0.2, 0.25) is 0 Å². The van der Waals surface area contributed by atoms with Crippen LogP contribution in [0.3, 0.4) is 0 Å². The van der Waals surface area contributed by atoms with Gasteiger partial charge in [-0.2, -0.15) is 0 Å². The third-order valence-corrected chi connectivity index (χ3v) is 2.56. The van der Waals surface area contributed by atoms with Gasteiger partial charge in [0.25, 0.3) is 0 Å². The zero-order chi connectivity index (χ0) is 11.4. The van der Waals surface area contributed by atoms with E-state index in [0.717, 1.165) is 23.5 Å². The summed E-state index contributed by atoms with van der Waals surface area (Å²) < 4.78 is 0. The van der Waals surface area contributed by atoms with Crippen LogP contribution in [0.25, 0.3) is 11.3 Å². The first kappa shape index (κ1) is 10.8. The van der Waals surface area contributed by atoms with Crippen LogP contribution in [0.5, 0.6) is 0 Å². The fourth-order valence-electron chi connectivity index (χ4n) is 1.75. The molecule has 1 aromatic heterocycles. The zero-order valence-corrected chi connectivity index (χ0v) is 9.77. The first-order chi connectivity index (χ1) is 7.79. The highest BCUT2D eigenvalue weighted by Crippen LogP contribution is 2.17. The predicted molar refractivity (Wildman–Crippen MR) is 66.2 cm³/mol. The van der Waals surface area contributed by atoms with Crippen LogP contribution in [0, 0.1) is 6.92 Å². The molecule has 0 atom stereocenters. The summed E-state index contributed by atoms with van der Waals surface area (Å²) in [5, 5.41) is 0. The van der Waals surface area contributed by atoms with Gasteiger partial charge in [0.05, 0.1) is 5.69 Å². The van der Waals surface area contributed by atoms with Crippen molar-refractivity contribution in [2.24, 2.45) is 0 Å². The first-order valence-electron chi connectivity index (χ1n) is 5.68. The number of nitrogens with zero attached hydrogens (tertiary/aromatic N) is 2. The predicted octanol–water partition coefficient (Wildman–Crippen LogP) is 3.40. The molecule has 0 radical (unpaired) electrons. The highest BCUT2D eigenvalue weighted by Gasteiger charge is 1.99. The maximum atomic E-state index is 4.41. The van der Waals surface area contributed by atoms with Crippen LogP contribution >= 0.6 is 0 Å². The van der Waals surface area contributed by atoms with E-state index in [1.165, 1.54) is 12.0 Å². The molecule has 2 rings (SSSR count). The number of aromatic nitrogens is 2. The summed E-state index contributed by atoms with van der Waals surface area (Å²) in [7, 11) is 0. The average molecular weight is 212 g/mol.